The van der Waals surface area contributed by atoms with E-state index in [2.05, 4.69) is 20.6 Å². The number of carbonyl (C=O) groups is 1. The van der Waals surface area contributed by atoms with Gasteiger partial charge >= 0.3 is 0 Å². The van der Waals surface area contributed by atoms with Gasteiger partial charge < -0.3 is 11.1 Å². The maximum Gasteiger partial charge on any atom is 0.226 e. The average molecular weight is 266 g/mol. The summed E-state index contributed by atoms with van der Waals surface area (Å²) in [4.78, 5) is 15.6. The van der Waals surface area contributed by atoms with Crippen molar-refractivity contribution in [3.63, 3.8) is 0 Å². The SMILES string of the molecule is Nc1nc(CC(=O)NCCCn2ccnn2)cs1. The molecule has 18 heavy (non-hydrogen) atoms. The number of rotatable bonds is 6. The lowest BCUT2D eigenvalue weighted by Crippen LogP contribution is -2.27. The maximum atomic E-state index is 11.6. The van der Waals surface area contributed by atoms with Crippen molar-refractivity contribution >= 4 is 22.4 Å². The van der Waals surface area contributed by atoms with E-state index in [0.29, 0.717) is 17.4 Å². The number of aryl methyl sites for hydroxylation is 1. The Hall–Kier alpha value is -1.96. The number of hydrogen-bond acceptors (Lipinski definition) is 6. The van der Waals surface area contributed by atoms with Gasteiger partial charge in [-0.05, 0) is 6.42 Å². The molecular formula is C10H14N6OS. The van der Waals surface area contributed by atoms with Crippen LogP contribution in [-0.4, -0.2) is 32.4 Å². The lowest BCUT2D eigenvalue weighted by atomic mass is 10.3. The zero-order chi connectivity index (χ0) is 12.8. The second-order valence-corrected chi connectivity index (χ2v) is 4.61. The average Bonchev–Trinajstić information content (AvgIpc) is 2.96. The Kier molecular flexibility index (Phi) is 4.24. The quantitative estimate of drug-likeness (QED) is 0.721. The number of amides is 1. The number of hydrogen-bond donors (Lipinski definition) is 2. The van der Waals surface area contributed by atoms with Gasteiger partial charge in [0.15, 0.2) is 5.13 Å². The fourth-order valence-corrected chi connectivity index (χ4v) is 2.01. The number of nitrogens with two attached hydrogens (primary N) is 1. The van der Waals surface area contributed by atoms with Crippen LogP contribution in [0.2, 0.25) is 0 Å². The van der Waals surface area contributed by atoms with Crippen LogP contribution >= 0.6 is 11.3 Å². The summed E-state index contributed by atoms with van der Waals surface area (Å²) in [5.41, 5.74) is 6.20. The van der Waals surface area contributed by atoms with Gasteiger partial charge in [0, 0.05) is 24.7 Å². The zero-order valence-corrected chi connectivity index (χ0v) is 10.6. The van der Waals surface area contributed by atoms with Crippen molar-refractivity contribution in [2.75, 3.05) is 12.3 Å². The van der Waals surface area contributed by atoms with E-state index < -0.39 is 0 Å². The van der Waals surface area contributed by atoms with Crippen molar-refractivity contribution in [2.45, 2.75) is 19.4 Å². The van der Waals surface area contributed by atoms with Crippen molar-refractivity contribution in [2.24, 2.45) is 0 Å². The minimum atomic E-state index is -0.0427. The smallest absolute Gasteiger partial charge is 0.226 e. The molecule has 0 aromatic carbocycles. The fraction of sp³-hybridized carbons (Fsp3) is 0.400. The van der Waals surface area contributed by atoms with Crippen LogP contribution in [0.3, 0.4) is 0 Å². The molecule has 0 saturated carbocycles. The molecule has 0 aliphatic rings. The van der Waals surface area contributed by atoms with Crippen molar-refractivity contribution in [3.05, 3.63) is 23.5 Å². The number of nitrogen functional groups attached to an aromatic ring is 1. The second kappa shape index (κ2) is 6.10. The largest absolute Gasteiger partial charge is 0.375 e. The summed E-state index contributed by atoms with van der Waals surface area (Å²) in [6.07, 6.45) is 4.51. The third kappa shape index (κ3) is 3.81. The highest BCUT2D eigenvalue weighted by Crippen LogP contribution is 2.11. The van der Waals surface area contributed by atoms with Crippen molar-refractivity contribution in [1.29, 1.82) is 0 Å². The summed E-state index contributed by atoms with van der Waals surface area (Å²) in [5.74, 6) is -0.0427. The first-order valence-corrected chi connectivity index (χ1v) is 6.42. The molecule has 0 aliphatic carbocycles. The van der Waals surface area contributed by atoms with Crippen LogP contribution in [0, 0.1) is 0 Å². The Balaban J connectivity index is 1.63. The molecule has 2 aromatic heterocycles. The molecule has 2 aromatic rings. The van der Waals surface area contributed by atoms with Crippen LogP contribution in [0.4, 0.5) is 5.13 Å². The van der Waals surface area contributed by atoms with Gasteiger partial charge in [0.2, 0.25) is 5.91 Å². The number of aromatic nitrogens is 4. The van der Waals surface area contributed by atoms with E-state index >= 15 is 0 Å². The Bertz CT molecular complexity index is 494. The van der Waals surface area contributed by atoms with Crippen LogP contribution in [0.1, 0.15) is 12.1 Å². The Morgan fingerprint density at radius 1 is 1.56 bits per heavy atom. The highest BCUT2D eigenvalue weighted by Gasteiger charge is 2.05. The van der Waals surface area contributed by atoms with Crippen LogP contribution in [0.5, 0.6) is 0 Å². The van der Waals surface area contributed by atoms with Gasteiger partial charge in [0.25, 0.3) is 0 Å². The lowest BCUT2D eigenvalue weighted by Gasteiger charge is -2.03. The van der Waals surface area contributed by atoms with E-state index in [1.165, 1.54) is 11.3 Å². The summed E-state index contributed by atoms with van der Waals surface area (Å²) < 4.78 is 1.73. The predicted molar refractivity (Wildman–Crippen MR) is 67.9 cm³/mol. The molecule has 3 N–H and O–H groups in total. The molecule has 0 saturated heterocycles. The van der Waals surface area contributed by atoms with Crippen molar-refractivity contribution < 1.29 is 4.79 Å². The lowest BCUT2D eigenvalue weighted by molar-refractivity contribution is -0.120. The third-order valence-electron chi connectivity index (χ3n) is 2.27. The third-order valence-corrected chi connectivity index (χ3v) is 2.99. The number of anilines is 1. The summed E-state index contributed by atoms with van der Waals surface area (Å²) in [7, 11) is 0. The summed E-state index contributed by atoms with van der Waals surface area (Å²) in [5, 5.41) is 12.6. The molecule has 7 nitrogen and oxygen atoms in total. The normalized spacial score (nSPS) is 10.4. The van der Waals surface area contributed by atoms with Gasteiger partial charge in [-0.1, -0.05) is 5.21 Å². The highest BCUT2D eigenvalue weighted by atomic mass is 32.1. The van der Waals surface area contributed by atoms with Gasteiger partial charge in [0.1, 0.15) is 0 Å². The molecule has 1 amide bonds. The van der Waals surface area contributed by atoms with Gasteiger partial charge in [0.05, 0.1) is 18.3 Å². The van der Waals surface area contributed by atoms with Gasteiger partial charge in [-0.2, -0.15) is 0 Å². The topological polar surface area (TPSA) is 98.7 Å². The highest BCUT2D eigenvalue weighted by molar-refractivity contribution is 7.13. The summed E-state index contributed by atoms with van der Waals surface area (Å²) in [6.45, 7) is 1.35. The summed E-state index contributed by atoms with van der Waals surface area (Å²) >= 11 is 1.34. The summed E-state index contributed by atoms with van der Waals surface area (Å²) in [6, 6.07) is 0. The minimum absolute atomic E-state index is 0.0427. The van der Waals surface area contributed by atoms with E-state index in [1.54, 1.807) is 22.5 Å². The molecule has 0 aliphatic heterocycles. The molecule has 0 bridgehead atoms. The predicted octanol–water partition coefficient (Wildman–Crippen LogP) is 0.0658. The molecule has 0 radical (unpaired) electrons. The Morgan fingerprint density at radius 3 is 3.11 bits per heavy atom. The van der Waals surface area contributed by atoms with Crippen molar-refractivity contribution in [1.82, 2.24) is 25.3 Å². The fourth-order valence-electron chi connectivity index (χ4n) is 1.45. The van der Waals surface area contributed by atoms with E-state index in [0.717, 1.165) is 13.0 Å². The van der Waals surface area contributed by atoms with E-state index in [4.69, 9.17) is 5.73 Å². The molecule has 0 spiro atoms. The first-order chi connectivity index (χ1) is 8.74. The van der Waals surface area contributed by atoms with Crippen molar-refractivity contribution in [3.8, 4) is 0 Å². The minimum Gasteiger partial charge on any atom is -0.375 e. The monoisotopic (exact) mass is 266 g/mol. The van der Waals surface area contributed by atoms with Gasteiger partial charge in [-0.3, -0.25) is 9.48 Å². The first-order valence-electron chi connectivity index (χ1n) is 5.55. The zero-order valence-electron chi connectivity index (χ0n) is 9.74. The van der Waals surface area contributed by atoms with Gasteiger partial charge in [-0.15, -0.1) is 16.4 Å². The standard InChI is InChI=1S/C10H14N6OS/c11-10-14-8(7-18-10)6-9(17)12-2-1-4-16-5-3-13-15-16/h3,5,7H,1-2,4,6H2,(H2,11,14)(H,12,17). The maximum absolute atomic E-state index is 11.6. The number of nitrogens with zero attached hydrogens (tertiary/aromatic N) is 4. The first kappa shape index (κ1) is 12.5. The molecule has 2 rings (SSSR count). The number of thiazole rings is 1. The van der Waals surface area contributed by atoms with E-state index in [1.807, 2.05) is 0 Å². The molecule has 0 unspecified atom stereocenters. The molecule has 2 heterocycles. The molecule has 8 heteroatoms. The van der Waals surface area contributed by atoms with Crippen LogP contribution in [0.25, 0.3) is 0 Å². The van der Waals surface area contributed by atoms with Crippen LogP contribution in [-0.2, 0) is 17.8 Å². The Labute approximate surface area is 108 Å². The van der Waals surface area contributed by atoms with Crippen LogP contribution in [0.15, 0.2) is 17.8 Å². The van der Waals surface area contributed by atoms with E-state index in [9.17, 15) is 4.79 Å². The van der Waals surface area contributed by atoms with Gasteiger partial charge in [-0.25, -0.2) is 4.98 Å². The number of nitrogens with one attached hydrogen (secondary N) is 1. The van der Waals surface area contributed by atoms with Crippen LogP contribution < -0.4 is 11.1 Å². The molecular weight excluding hydrogens is 252 g/mol. The van der Waals surface area contributed by atoms with E-state index in [-0.39, 0.29) is 12.3 Å². The molecule has 0 fully saturated rings. The molecule has 96 valence electrons. The molecule has 0 atom stereocenters. The second-order valence-electron chi connectivity index (χ2n) is 3.72. The number of carbonyl (C=O) groups excluding carboxylic acids is 1. The Morgan fingerprint density at radius 2 is 2.44 bits per heavy atom.